The lowest BCUT2D eigenvalue weighted by molar-refractivity contribution is -0.115. The zero-order valence-corrected chi connectivity index (χ0v) is 16.6. The Bertz CT molecular complexity index is 895. The van der Waals surface area contributed by atoms with Crippen molar-refractivity contribution in [1.29, 1.82) is 0 Å². The van der Waals surface area contributed by atoms with Crippen LogP contribution in [0, 0.1) is 0 Å². The highest BCUT2D eigenvalue weighted by molar-refractivity contribution is 7.14. The molecule has 0 radical (unpaired) electrons. The molecule has 1 heterocycles. The van der Waals surface area contributed by atoms with Crippen LogP contribution in [-0.2, 0) is 17.9 Å². The highest BCUT2D eigenvalue weighted by Crippen LogP contribution is 2.29. The molecule has 1 amide bonds. The fourth-order valence-corrected chi connectivity index (χ4v) is 3.77. The van der Waals surface area contributed by atoms with Crippen LogP contribution in [0.3, 0.4) is 0 Å². The van der Waals surface area contributed by atoms with E-state index in [9.17, 15) is 4.79 Å². The lowest BCUT2D eigenvalue weighted by Crippen LogP contribution is -2.23. The Morgan fingerprint density at radius 1 is 1.11 bits per heavy atom. The molecule has 2 aromatic carbocycles. The molecule has 3 aromatic rings. The van der Waals surface area contributed by atoms with Crippen molar-refractivity contribution in [2.24, 2.45) is 0 Å². The van der Waals surface area contributed by atoms with E-state index in [1.165, 1.54) is 16.9 Å². The third kappa shape index (κ3) is 4.93. The quantitative estimate of drug-likeness (QED) is 0.606. The van der Waals surface area contributed by atoms with Gasteiger partial charge >= 0.3 is 0 Å². The van der Waals surface area contributed by atoms with Crippen molar-refractivity contribution >= 4 is 28.1 Å². The molecule has 0 unspecified atom stereocenters. The van der Waals surface area contributed by atoms with Crippen LogP contribution < -0.4 is 9.64 Å². The zero-order chi connectivity index (χ0) is 19.2. The summed E-state index contributed by atoms with van der Waals surface area (Å²) < 4.78 is 5.28. The van der Waals surface area contributed by atoms with E-state index in [1.54, 1.807) is 18.9 Å². The number of hydrogen-bond donors (Lipinski definition) is 0. The number of benzene rings is 2. The van der Waals surface area contributed by atoms with Gasteiger partial charge in [-0.1, -0.05) is 30.3 Å². The van der Waals surface area contributed by atoms with E-state index in [0.29, 0.717) is 11.7 Å². The maximum absolute atomic E-state index is 12.1. The zero-order valence-electron chi connectivity index (χ0n) is 15.8. The van der Waals surface area contributed by atoms with E-state index in [2.05, 4.69) is 23.0 Å². The summed E-state index contributed by atoms with van der Waals surface area (Å²) in [5.41, 5.74) is 2.96. The first-order valence-corrected chi connectivity index (χ1v) is 9.56. The van der Waals surface area contributed by atoms with Crippen molar-refractivity contribution in [3.05, 3.63) is 71.2 Å². The number of carbonyl (C=O) groups is 1. The largest absolute Gasteiger partial charge is 0.497 e. The van der Waals surface area contributed by atoms with Crippen LogP contribution in [0.4, 0.5) is 10.8 Å². The van der Waals surface area contributed by atoms with Gasteiger partial charge in [0.25, 0.3) is 0 Å². The number of methoxy groups -OCH3 is 1. The highest BCUT2D eigenvalue weighted by atomic mass is 32.1. The fourth-order valence-electron chi connectivity index (χ4n) is 2.89. The lowest BCUT2D eigenvalue weighted by Gasteiger charge is -2.18. The molecule has 3 rings (SSSR count). The predicted octanol–water partition coefficient (Wildman–Crippen LogP) is 4.47. The van der Waals surface area contributed by atoms with Crippen molar-refractivity contribution < 1.29 is 9.53 Å². The standard InChI is InChI=1S/C21H23N3O2S/c1-16(25)24(19-9-5-4-6-10-19)21-22-18(15-27-21)14-23(2)13-17-8-7-11-20(12-17)26-3/h4-12,15H,13-14H2,1-3H3. The first-order valence-electron chi connectivity index (χ1n) is 8.68. The number of thiazole rings is 1. The lowest BCUT2D eigenvalue weighted by atomic mass is 10.2. The number of hydrogen-bond acceptors (Lipinski definition) is 5. The molecule has 1 aromatic heterocycles. The normalized spacial score (nSPS) is 10.8. The molecule has 27 heavy (non-hydrogen) atoms. The molecule has 0 aliphatic carbocycles. The summed E-state index contributed by atoms with van der Waals surface area (Å²) in [4.78, 5) is 20.7. The molecule has 0 spiro atoms. The van der Waals surface area contributed by atoms with Crippen LogP contribution in [0.5, 0.6) is 5.75 Å². The Balaban J connectivity index is 1.70. The average Bonchev–Trinajstić information content (AvgIpc) is 3.10. The van der Waals surface area contributed by atoms with E-state index >= 15 is 0 Å². The SMILES string of the molecule is COc1cccc(CN(C)Cc2csc(N(C(C)=O)c3ccccc3)n2)c1. The van der Waals surface area contributed by atoms with Crippen molar-refractivity contribution in [3.8, 4) is 5.75 Å². The van der Waals surface area contributed by atoms with Gasteiger partial charge in [-0.25, -0.2) is 4.98 Å². The maximum atomic E-state index is 12.1. The van der Waals surface area contributed by atoms with E-state index in [-0.39, 0.29) is 5.91 Å². The number of para-hydroxylation sites is 1. The van der Waals surface area contributed by atoms with Crippen LogP contribution in [0.2, 0.25) is 0 Å². The molecule has 6 heteroatoms. The summed E-state index contributed by atoms with van der Waals surface area (Å²) in [6, 6.07) is 17.7. The predicted molar refractivity (Wildman–Crippen MR) is 110 cm³/mol. The second-order valence-electron chi connectivity index (χ2n) is 6.34. The van der Waals surface area contributed by atoms with Crippen LogP contribution in [0.1, 0.15) is 18.2 Å². The number of ether oxygens (including phenoxy) is 1. The molecule has 140 valence electrons. The number of carbonyl (C=O) groups excluding carboxylic acids is 1. The van der Waals surface area contributed by atoms with Crippen LogP contribution in [-0.4, -0.2) is 29.9 Å². The van der Waals surface area contributed by atoms with Crippen molar-refractivity contribution in [2.45, 2.75) is 20.0 Å². The minimum Gasteiger partial charge on any atom is -0.497 e. The van der Waals surface area contributed by atoms with Crippen LogP contribution in [0.25, 0.3) is 0 Å². The van der Waals surface area contributed by atoms with Gasteiger partial charge in [-0.15, -0.1) is 11.3 Å². The van der Waals surface area contributed by atoms with Crippen molar-refractivity contribution in [1.82, 2.24) is 9.88 Å². The molecular formula is C21H23N3O2S. The summed E-state index contributed by atoms with van der Waals surface area (Å²) in [7, 11) is 3.73. The molecule has 0 N–H and O–H groups in total. The second-order valence-corrected chi connectivity index (χ2v) is 7.17. The first kappa shape index (κ1) is 19.1. The molecule has 0 bridgehead atoms. The third-order valence-electron chi connectivity index (χ3n) is 4.08. The van der Waals surface area contributed by atoms with Gasteiger partial charge in [0.2, 0.25) is 5.91 Å². The molecule has 0 atom stereocenters. The van der Waals surface area contributed by atoms with Gasteiger partial charge in [0.05, 0.1) is 18.5 Å². The van der Waals surface area contributed by atoms with Crippen LogP contribution >= 0.6 is 11.3 Å². The number of amides is 1. The maximum Gasteiger partial charge on any atom is 0.230 e. The number of aromatic nitrogens is 1. The van der Waals surface area contributed by atoms with Crippen molar-refractivity contribution in [3.63, 3.8) is 0 Å². The summed E-state index contributed by atoms with van der Waals surface area (Å²) >= 11 is 1.48. The van der Waals surface area contributed by atoms with Crippen molar-refractivity contribution in [2.75, 3.05) is 19.1 Å². The molecular weight excluding hydrogens is 358 g/mol. The molecule has 0 saturated heterocycles. The Morgan fingerprint density at radius 2 is 1.89 bits per heavy atom. The molecule has 5 nitrogen and oxygen atoms in total. The van der Waals surface area contributed by atoms with Gasteiger partial charge in [-0.2, -0.15) is 0 Å². The Kier molecular flexibility index (Phi) is 6.21. The van der Waals surface area contributed by atoms with E-state index < -0.39 is 0 Å². The van der Waals surface area contributed by atoms with Gasteiger partial charge < -0.3 is 4.74 Å². The van der Waals surface area contributed by atoms with Gasteiger partial charge in [0, 0.05) is 25.4 Å². The fraction of sp³-hybridized carbons (Fsp3) is 0.238. The van der Waals surface area contributed by atoms with E-state index in [0.717, 1.165) is 23.7 Å². The molecule has 0 aliphatic heterocycles. The van der Waals surface area contributed by atoms with Crippen LogP contribution in [0.15, 0.2) is 60.0 Å². The van der Waals surface area contributed by atoms with E-state index in [1.807, 2.05) is 53.9 Å². The van der Waals surface area contributed by atoms with Gasteiger partial charge in [0.1, 0.15) is 5.75 Å². The van der Waals surface area contributed by atoms with Gasteiger partial charge in [-0.05, 0) is 36.9 Å². The Hall–Kier alpha value is -2.70. The van der Waals surface area contributed by atoms with Gasteiger partial charge in [0.15, 0.2) is 5.13 Å². The topological polar surface area (TPSA) is 45.7 Å². The summed E-state index contributed by atoms with van der Waals surface area (Å²) in [6.45, 7) is 3.05. The number of anilines is 2. The number of rotatable bonds is 7. The monoisotopic (exact) mass is 381 g/mol. The second kappa shape index (κ2) is 8.79. The molecule has 0 aliphatic rings. The van der Waals surface area contributed by atoms with Gasteiger partial charge in [-0.3, -0.25) is 14.6 Å². The summed E-state index contributed by atoms with van der Waals surface area (Å²) in [5, 5.41) is 2.70. The molecule has 0 fully saturated rings. The highest BCUT2D eigenvalue weighted by Gasteiger charge is 2.18. The summed E-state index contributed by atoms with van der Waals surface area (Å²) in [6.07, 6.45) is 0. The Labute approximate surface area is 163 Å². The van der Waals surface area contributed by atoms with E-state index in [4.69, 9.17) is 4.74 Å². The average molecular weight is 382 g/mol. The number of nitrogens with zero attached hydrogens (tertiary/aromatic N) is 3. The smallest absolute Gasteiger partial charge is 0.230 e. The minimum absolute atomic E-state index is 0.0492. The first-order chi connectivity index (χ1) is 13.1. The minimum atomic E-state index is -0.0492. The summed E-state index contributed by atoms with van der Waals surface area (Å²) in [5.74, 6) is 0.809. The molecule has 0 saturated carbocycles. The third-order valence-corrected chi connectivity index (χ3v) is 4.95. The Morgan fingerprint density at radius 3 is 2.59 bits per heavy atom.